The molecule has 6 nitrogen and oxygen atoms in total. The van der Waals surface area contributed by atoms with E-state index in [0.29, 0.717) is 17.9 Å². The number of carbonyl (C=O) groups is 2. The number of ether oxygens (including phenoxy) is 2. The molecule has 1 heterocycles. The molecule has 1 N–H and O–H groups in total. The maximum Gasteiger partial charge on any atom is 0.242 e. The fourth-order valence-electron chi connectivity index (χ4n) is 3.33. The Morgan fingerprint density at radius 3 is 2.39 bits per heavy atom. The standard InChI is InChI=1S/C24H29FN2O4/c1-16(23(29)26-24(2,3)4)27(14-18-5-9-19(25)10-6-18)22(28)12-8-17-7-11-20-21(13-17)31-15-30-20/h5-7,9-11,13,16H,8,12,14-15H2,1-4H3,(H,26,29)/t16-/m0/s1. The van der Waals surface area contributed by atoms with Gasteiger partial charge >= 0.3 is 0 Å². The van der Waals surface area contributed by atoms with Crippen molar-refractivity contribution in [3.05, 3.63) is 59.4 Å². The molecule has 31 heavy (non-hydrogen) atoms. The number of nitrogens with zero attached hydrogens (tertiary/aromatic N) is 1. The van der Waals surface area contributed by atoms with Crippen LogP contribution in [0.25, 0.3) is 0 Å². The van der Waals surface area contributed by atoms with Gasteiger partial charge in [-0.1, -0.05) is 18.2 Å². The first kappa shape index (κ1) is 22.6. The summed E-state index contributed by atoms with van der Waals surface area (Å²) in [4.78, 5) is 27.4. The summed E-state index contributed by atoms with van der Waals surface area (Å²) < 4.78 is 24.0. The molecule has 3 rings (SSSR count). The van der Waals surface area contributed by atoms with E-state index in [-0.39, 0.29) is 37.4 Å². The number of amides is 2. The zero-order valence-electron chi connectivity index (χ0n) is 18.4. The van der Waals surface area contributed by atoms with Crippen LogP contribution < -0.4 is 14.8 Å². The number of hydrogen-bond acceptors (Lipinski definition) is 4. The number of carbonyl (C=O) groups excluding carboxylic acids is 2. The zero-order chi connectivity index (χ0) is 22.6. The predicted molar refractivity (Wildman–Crippen MR) is 115 cm³/mol. The Hall–Kier alpha value is -3.09. The molecule has 0 spiro atoms. The molecule has 7 heteroatoms. The van der Waals surface area contributed by atoms with E-state index in [1.54, 1.807) is 24.0 Å². The summed E-state index contributed by atoms with van der Waals surface area (Å²) in [5, 5.41) is 2.93. The highest BCUT2D eigenvalue weighted by molar-refractivity contribution is 5.87. The first-order chi connectivity index (χ1) is 14.6. The van der Waals surface area contributed by atoms with Crippen molar-refractivity contribution in [2.45, 2.75) is 58.7 Å². The second-order valence-corrected chi connectivity index (χ2v) is 8.75. The molecule has 0 radical (unpaired) electrons. The molecule has 0 unspecified atom stereocenters. The van der Waals surface area contributed by atoms with Crippen LogP contribution in [0.15, 0.2) is 42.5 Å². The van der Waals surface area contributed by atoms with Crippen LogP contribution in [-0.2, 0) is 22.6 Å². The fourth-order valence-corrected chi connectivity index (χ4v) is 3.33. The van der Waals surface area contributed by atoms with Crippen LogP contribution >= 0.6 is 0 Å². The van der Waals surface area contributed by atoms with Crippen LogP contribution in [0.1, 0.15) is 45.2 Å². The van der Waals surface area contributed by atoms with E-state index in [1.165, 1.54) is 12.1 Å². The minimum Gasteiger partial charge on any atom is -0.454 e. The van der Waals surface area contributed by atoms with Gasteiger partial charge in [-0.2, -0.15) is 0 Å². The van der Waals surface area contributed by atoms with E-state index in [0.717, 1.165) is 11.1 Å². The van der Waals surface area contributed by atoms with Gasteiger partial charge < -0.3 is 19.7 Å². The number of aryl methyl sites for hydroxylation is 1. The van der Waals surface area contributed by atoms with Crippen LogP contribution in [0.3, 0.4) is 0 Å². The summed E-state index contributed by atoms with van der Waals surface area (Å²) in [6.07, 6.45) is 0.733. The van der Waals surface area contributed by atoms with Crippen molar-refractivity contribution in [2.75, 3.05) is 6.79 Å². The van der Waals surface area contributed by atoms with Crippen molar-refractivity contribution in [2.24, 2.45) is 0 Å². The van der Waals surface area contributed by atoms with Gasteiger partial charge in [0, 0.05) is 18.5 Å². The second kappa shape index (κ2) is 9.37. The average molecular weight is 429 g/mol. The maximum absolute atomic E-state index is 13.3. The summed E-state index contributed by atoms with van der Waals surface area (Å²) in [6.45, 7) is 7.81. The molecule has 0 fully saturated rings. The van der Waals surface area contributed by atoms with E-state index in [4.69, 9.17) is 9.47 Å². The Kier molecular flexibility index (Phi) is 6.83. The molecule has 1 aliphatic rings. The third-order valence-electron chi connectivity index (χ3n) is 5.00. The van der Waals surface area contributed by atoms with Crippen LogP contribution in [0.2, 0.25) is 0 Å². The largest absolute Gasteiger partial charge is 0.454 e. The van der Waals surface area contributed by atoms with E-state index in [9.17, 15) is 14.0 Å². The topological polar surface area (TPSA) is 67.9 Å². The quantitative estimate of drug-likeness (QED) is 0.728. The minimum atomic E-state index is -0.673. The van der Waals surface area contributed by atoms with Gasteiger partial charge in [0.1, 0.15) is 11.9 Å². The third-order valence-corrected chi connectivity index (χ3v) is 5.00. The van der Waals surface area contributed by atoms with Crippen LogP contribution in [0.5, 0.6) is 11.5 Å². The fraction of sp³-hybridized carbons (Fsp3) is 0.417. The van der Waals surface area contributed by atoms with Crippen molar-refractivity contribution >= 4 is 11.8 Å². The van der Waals surface area contributed by atoms with Crippen molar-refractivity contribution in [3.63, 3.8) is 0 Å². The Morgan fingerprint density at radius 2 is 1.71 bits per heavy atom. The van der Waals surface area contributed by atoms with E-state index in [1.807, 2.05) is 39.0 Å². The lowest BCUT2D eigenvalue weighted by atomic mass is 10.1. The number of fused-ring (bicyclic) bond motifs is 1. The van der Waals surface area contributed by atoms with Gasteiger partial charge in [0.2, 0.25) is 18.6 Å². The van der Waals surface area contributed by atoms with Crippen molar-refractivity contribution in [3.8, 4) is 11.5 Å². The van der Waals surface area contributed by atoms with E-state index < -0.39 is 11.6 Å². The normalized spacial score (nSPS) is 13.6. The molecule has 0 bridgehead atoms. The third kappa shape index (κ3) is 6.20. The number of benzene rings is 2. The lowest BCUT2D eigenvalue weighted by Crippen LogP contribution is -2.52. The number of hydrogen-bond donors (Lipinski definition) is 1. The molecule has 2 aromatic carbocycles. The summed E-state index contributed by atoms with van der Waals surface area (Å²) in [7, 11) is 0. The first-order valence-electron chi connectivity index (χ1n) is 10.4. The van der Waals surface area contributed by atoms with Gasteiger partial charge in [-0.25, -0.2) is 4.39 Å². The highest BCUT2D eigenvalue weighted by Crippen LogP contribution is 2.32. The van der Waals surface area contributed by atoms with E-state index in [2.05, 4.69) is 5.32 Å². The van der Waals surface area contributed by atoms with Gasteiger partial charge in [0.05, 0.1) is 0 Å². The first-order valence-corrected chi connectivity index (χ1v) is 10.4. The Morgan fingerprint density at radius 1 is 1.06 bits per heavy atom. The van der Waals surface area contributed by atoms with Gasteiger partial charge in [0.25, 0.3) is 0 Å². The van der Waals surface area contributed by atoms with Crippen LogP contribution in [0, 0.1) is 5.82 Å². The monoisotopic (exact) mass is 428 g/mol. The Labute approximate surface area is 182 Å². The molecule has 1 aliphatic heterocycles. The molecule has 0 saturated heterocycles. The SMILES string of the molecule is C[C@@H](C(=O)NC(C)(C)C)N(Cc1ccc(F)cc1)C(=O)CCc1ccc2c(c1)OCO2. The Balaban J connectivity index is 1.72. The molecule has 0 aromatic heterocycles. The molecule has 0 aliphatic carbocycles. The summed E-state index contributed by atoms with van der Waals surface area (Å²) in [5.41, 5.74) is 1.29. The second-order valence-electron chi connectivity index (χ2n) is 8.75. The molecule has 166 valence electrons. The van der Waals surface area contributed by atoms with Crippen molar-refractivity contribution in [1.29, 1.82) is 0 Å². The maximum atomic E-state index is 13.3. The van der Waals surface area contributed by atoms with E-state index >= 15 is 0 Å². The number of halogens is 1. The van der Waals surface area contributed by atoms with Crippen molar-refractivity contribution in [1.82, 2.24) is 10.2 Å². The van der Waals surface area contributed by atoms with Crippen LogP contribution in [-0.4, -0.2) is 35.1 Å². The average Bonchev–Trinajstić information content (AvgIpc) is 3.17. The summed E-state index contributed by atoms with van der Waals surface area (Å²) >= 11 is 0. The number of nitrogens with one attached hydrogen (secondary N) is 1. The Bertz CT molecular complexity index is 938. The number of rotatable bonds is 7. The lowest BCUT2D eigenvalue weighted by molar-refractivity contribution is -0.141. The minimum absolute atomic E-state index is 0.154. The lowest BCUT2D eigenvalue weighted by Gasteiger charge is -2.31. The summed E-state index contributed by atoms with van der Waals surface area (Å²) in [6, 6.07) is 10.9. The van der Waals surface area contributed by atoms with Crippen LogP contribution in [0.4, 0.5) is 4.39 Å². The molecular weight excluding hydrogens is 399 g/mol. The molecule has 2 amide bonds. The molecular formula is C24H29FN2O4. The molecule has 0 saturated carbocycles. The smallest absolute Gasteiger partial charge is 0.242 e. The van der Waals surface area contributed by atoms with Crippen molar-refractivity contribution < 1.29 is 23.5 Å². The van der Waals surface area contributed by atoms with Gasteiger partial charge in [-0.15, -0.1) is 0 Å². The molecule has 1 atom stereocenters. The summed E-state index contributed by atoms with van der Waals surface area (Å²) in [5.74, 6) is 0.638. The molecule has 2 aromatic rings. The van der Waals surface area contributed by atoms with Gasteiger partial charge in [-0.05, 0) is 69.5 Å². The van der Waals surface area contributed by atoms with Gasteiger partial charge in [-0.3, -0.25) is 9.59 Å². The zero-order valence-corrected chi connectivity index (χ0v) is 18.4. The van der Waals surface area contributed by atoms with Gasteiger partial charge in [0.15, 0.2) is 11.5 Å². The predicted octanol–water partition coefficient (Wildman–Crippen LogP) is 3.82. The highest BCUT2D eigenvalue weighted by atomic mass is 19.1. The highest BCUT2D eigenvalue weighted by Gasteiger charge is 2.28.